The van der Waals surface area contributed by atoms with E-state index in [2.05, 4.69) is 38.0 Å². The van der Waals surface area contributed by atoms with Gasteiger partial charge in [-0.1, -0.05) is 12.1 Å². The minimum absolute atomic E-state index is 0.00943. The largest absolute Gasteiger partial charge is 0.380 e. The van der Waals surface area contributed by atoms with Crippen LogP contribution in [0.4, 0.5) is 5.95 Å². The summed E-state index contributed by atoms with van der Waals surface area (Å²) in [6, 6.07) is 9.97. The van der Waals surface area contributed by atoms with Crippen molar-refractivity contribution in [2.24, 2.45) is 0 Å². The number of nitrogens with zero attached hydrogens (tertiary/aromatic N) is 5. The normalized spacial score (nSPS) is 20.4. The van der Waals surface area contributed by atoms with Gasteiger partial charge in [-0.25, -0.2) is 4.98 Å². The molecule has 5 rings (SSSR count). The Morgan fingerprint density at radius 3 is 2.58 bits per heavy atom. The minimum atomic E-state index is -0.219. The summed E-state index contributed by atoms with van der Waals surface area (Å²) in [7, 11) is 1.78. The Kier molecular flexibility index (Phi) is 8.61. The van der Waals surface area contributed by atoms with Crippen molar-refractivity contribution in [3.63, 3.8) is 0 Å². The van der Waals surface area contributed by atoms with Crippen molar-refractivity contribution in [2.75, 3.05) is 38.6 Å². The molecule has 2 amide bonds. The number of benzene rings is 1. The van der Waals surface area contributed by atoms with E-state index in [0.29, 0.717) is 18.1 Å². The molecule has 2 aliphatic rings. The molecule has 2 fully saturated rings. The van der Waals surface area contributed by atoms with Gasteiger partial charge in [0.15, 0.2) is 0 Å². The molecule has 0 saturated carbocycles. The van der Waals surface area contributed by atoms with Crippen LogP contribution in [-0.2, 0) is 16.1 Å². The van der Waals surface area contributed by atoms with Crippen molar-refractivity contribution in [2.45, 2.75) is 65.1 Å². The second-order valence-corrected chi connectivity index (χ2v) is 11.0. The van der Waals surface area contributed by atoms with Gasteiger partial charge >= 0.3 is 0 Å². The zero-order valence-corrected chi connectivity index (χ0v) is 24.0. The molecule has 0 bridgehead atoms. The fourth-order valence-corrected chi connectivity index (χ4v) is 6.01. The van der Waals surface area contributed by atoms with Gasteiger partial charge in [-0.15, -0.1) is 0 Å². The zero-order valence-electron chi connectivity index (χ0n) is 24.0. The second-order valence-electron chi connectivity index (χ2n) is 11.0. The number of methoxy groups -OCH3 is 1. The van der Waals surface area contributed by atoms with Crippen molar-refractivity contribution in [1.82, 2.24) is 24.3 Å². The number of hydrogen-bond acceptors (Lipinski definition) is 6. The average molecular weight is 545 g/mol. The smallest absolute Gasteiger partial charge is 0.258 e. The number of aryl methyl sites for hydroxylation is 2. The van der Waals surface area contributed by atoms with Gasteiger partial charge < -0.3 is 14.2 Å². The van der Waals surface area contributed by atoms with Gasteiger partial charge in [0.1, 0.15) is 0 Å². The average Bonchev–Trinajstić information content (AvgIpc) is 3.43. The van der Waals surface area contributed by atoms with Crippen molar-refractivity contribution in [1.29, 1.82) is 0 Å². The Hall–Kier alpha value is -3.56. The van der Waals surface area contributed by atoms with E-state index in [4.69, 9.17) is 9.72 Å². The lowest BCUT2D eigenvalue weighted by Crippen LogP contribution is -2.34. The first-order chi connectivity index (χ1) is 19.3. The van der Waals surface area contributed by atoms with E-state index in [1.807, 2.05) is 25.7 Å². The number of hydrogen-bond donors (Lipinski definition) is 1. The van der Waals surface area contributed by atoms with Crippen LogP contribution in [0.25, 0.3) is 11.0 Å². The van der Waals surface area contributed by atoms with E-state index in [9.17, 15) is 9.59 Å². The predicted molar refractivity (Wildman–Crippen MR) is 156 cm³/mol. The summed E-state index contributed by atoms with van der Waals surface area (Å²) in [5.74, 6) is 0.313. The number of fused-ring (bicyclic) bond motifs is 1. The molecule has 2 atom stereocenters. The first-order valence-electron chi connectivity index (χ1n) is 14.3. The van der Waals surface area contributed by atoms with E-state index in [-0.39, 0.29) is 24.0 Å². The van der Waals surface area contributed by atoms with E-state index in [1.54, 1.807) is 31.4 Å². The monoisotopic (exact) mass is 544 g/mol. The van der Waals surface area contributed by atoms with Crippen LogP contribution in [-0.4, -0.2) is 75.5 Å². The summed E-state index contributed by atoms with van der Waals surface area (Å²) in [5, 5.41) is 3.10. The number of carbonyl (C=O) groups is 2. The number of pyridine rings is 1. The standard InChI is InChI=1S/C31H40N6O3/c1-5-8-29(38)36-13-7-6-9-25(19-36)37-28-11-10-23(18-35-14-12-26(20-35)40-4)17-27(28)33-31(37)34-30(39)24-15-21(2)32-22(3)16-24/h5,8,10-11,15-17,25-26H,6-7,9,12-14,18-20H2,1-4H3,(H,33,34,39)/b8-5+/t25?,26-/m0/s1. The van der Waals surface area contributed by atoms with Crippen LogP contribution < -0.4 is 5.32 Å². The Morgan fingerprint density at radius 1 is 1.05 bits per heavy atom. The van der Waals surface area contributed by atoms with Crippen molar-refractivity contribution in [3.8, 4) is 0 Å². The summed E-state index contributed by atoms with van der Waals surface area (Å²) in [6.07, 6.45) is 7.59. The lowest BCUT2D eigenvalue weighted by molar-refractivity contribution is -0.126. The van der Waals surface area contributed by atoms with Crippen LogP contribution in [0.15, 0.2) is 42.5 Å². The maximum absolute atomic E-state index is 13.4. The summed E-state index contributed by atoms with van der Waals surface area (Å²) in [6.45, 7) is 9.69. The molecule has 1 N–H and O–H groups in total. The summed E-state index contributed by atoms with van der Waals surface area (Å²) >= 11 is 0. The Bertz CT molecular complexity index is 1390. The van der Waals surface area contributed by atoms with Crippen LogP contribution in [0.3, 0.4) is 0 Å². The van der Waals surface area contributed by atoms with Crippen molar-refractivity contribution >= 4 is 28.8 Å². The maximum atomic E-state index is 13.4. The topological polar surface area (TPSA) is 92.6 Å². The first-order valence-corrected chi connectivity index (χ1v) is 14.3. The van der Waals surface area contributed by atoms with Gasteiger partial charge in [0.25, 0.3) is 5.91 Å². The highest BCUT2D eigenvalue weighted by Crippen LogP contribution is 2.31. The molecular weight excluding hydrogens is 504 g/mol. The number of rotatable bonds is 7. The molecule has 3 aromatic rings. The van der Waals surface area contributed by atoms with Gasteiger partial charge in [0.2, 0.25) is 11.9 Å². The van der Waals surface area contributed by atoms with E-state index < -0.39 is 0 Å². The zero-order chi connectivity index (χ0) is 28.2. The third-order valence-electron chi connectivity index (χ3n) is 7.92. The van der Waals surface area contributed by atoms with Gasteiger partial charge in [0.05, 0.1) is 23.2 Å². The van der Waals surface area contributed by atoms with E-state index in [0.717, 1.165) is 74.3 Å². The minimum Gasteiger partial charge on any atom is -0.380 e. The first kappa shape index (κ1) is 28.0. The number of carbonyl (C=O) groups excluding carboxylic acids is 2. The summed E-state index contributed by atoms with van der Waals surface area (Å²) < 4.78 is 7.68. The van der Waals surface area contributed by atoms with Gasteiger partial charge in [-0.2, -0.15) is 0 Å². The number of ether oxygens (including phenoxy) is 1. The number of likely N-dealkylation sites (tertiary alicyclic amines) is 2. The van der Waals surface area contributed by atoms with Crippen LogP contribution >= 0.6 is 0 Å². The molecule has 2 saturated heterocycles. The second kappa shape index (κ2) is 12.3. The highest BCUT2D eigenvalue weighted by Gasteiger charge is 2.27. The molecule has 4 heterocycles. The quantitative estimate of drug-likeness (QED) is 0.436. The number of imidazole rings is 1. The van der Waals surface area contributed by atoms with Crippen molar-refractivity contribution < 1.29 is 14.3 Å². The molecule has 0 radical (unpaired) electrons. The lowest BCUT2D eigenvalue weighted by Gasteiger charge is -2.26. The third kappa shape index (κ3) is 6.26. The highest BCUT2D eigenvalue weighted by atomic mass is 16.5. The Balaban J connectivity index is 1.50. The van der Waals surface area contributed by atoms with Crippen LogP contribution in [0.2, 0.25) is 0 Å². The number of anilines is 1. The summed E-state index contributed by atoms with van der Waals surface area (Å²) in [5.41, 5.74) is 5.12. The molecule has 2 aromatic heterocycles. The molecule has 212 valence electrons. The Morgan fingerprint density at radius 2 is 1.85 bits per heavy atom. The van der Waals surface area contributed by atoms with Gasteiger partial charge in [0, 0.05) is 56.8 Å². The lowest BCUT2D eigenvalue weighted by atomic mass is 10.1. The van der Waals surface area contributed by atoms with Crippen LogP contribution in [0.5, 0.6) is 0 Å². The molecule has 40 heavy (non-hydrogen) atoms. The van der Waals surface area contributed by atoms with E-state index >= 15 is 0 Å². The van der Waals surface area contributed by atoms with Crippen molar-refractivity contribution in [3.05, 3.63) is 65.0 Å². The SMILES string of the molecule is C/C=C/C(=O)N1CCCCC(n2c(NC(=O)c3cc(C)nc(C)c3)nc3cc(CN4CC[C@H](OC)C4)ccc32)C1. The number of nitrogens with one attached hydrogen (secondary N) is 1. The number of amides is 2. The molecular formula is C31H40N6O3. The fourth-order valence-electron chi connectivity index (χ4n) is 6.01. The van der Waals surface area contributed by atoms with Gasteiger partial charge in [-0.05, 0) is 82.4 Å². The third-order valence-corrected chi connectivity index (χ3v) is 7.92. The predicted octanol–water partition coefficient (Wildman–Crippen LogP) is 4.65. The molecule has 2 aliphatic heterocycles. The summed E-state index contributed by atoms with van der Waals surface area (Å²) in [4.78, 5) is 39.9. The Labute approximate surface area is 236 Å². The molecule has 0 spiro atoms. The molecule has 1 aromatic carbocycles. The number of aromatic nitrogens is 3. The molecule has 0 aliphatic carbocycles. The highest BCUT2D eigenvalue weighted by molar-refractivity contribution is 6.04. The number of allylic oxidation sites excluding steroid dienone is 1. The van der Waals surface area contributed by atoms with E-state index in [1.165, 1.54) is 5.56 Å². The van der Waals surface area contributed by atoms with Crippen LogP contribution in [0.1, 0.15) is 66.0 Å². The fraction of sp³-hybridized carbons (Fsp3) is 0.484. The van der Waals surface area contributed by atoms with Crippen LogP contribution in [0, 0.1) is 13.8 Å². The maximum Gasteiger partial charge on any atom is 0.258 e. The van der Waals surface area contributed by atoms with Gasteiger partial charge in [-0.3, -0.25) is 24.8 Å². The molecule has 1 unspecified atom stereocenters. The molecule has 9 nitrogen and oxygen atoms in total. The molecule has 9 heteroatoms.